The largest absolute Gasteiger partial charge is 0.497 e. The Balaban J connectivity index is 1.24. The van der Waals surface area contributed by atoms with E-state index >= 15 is 0 Å². The maximum Gasteiger partial charge on any atom is 0.349 e. The van der Waals surface area contributed by atoms with Gasteiger partial charge in [0.15, 0.2) is 5.60 Å². The van der Waals surface area contributed by atoms with E-state index in [2.05, 4.69) is 46.2 Å². The molecule has 0 atom stereocenters. The zero-order valence-corrected chi connectivity index (χ0v) is 26.9. The molecule has 1 aliphatic rings. The molecule has 3 aromatic carbocycles. The van der Waals surface area contributed by atoms with E-state index in [1.54, 1.807) is 51.0 Å². The van der Waals surface area contributed by atoms with Crippen LogP contribution >= 0.6 is 23.1 Å². The van der Waals surface area contributed by atoms with Gasteiger partial charge in [-0.2, -0.15) is 0 Å². The number of methoxy groups -OCH3 is 1. The monoisotopic (exact) mass is 617 g/mol. The molecule has 1 saturated heterocycles. The quantitative estimate of drug-likeness (QED) is 0.123. The van der Waals surface area contributed by atoms with Crippen LogP contribution in [-0.2, 0) is 21.8 Å². The molecule has 0 amide bonds. The maximum absolute atomic E-state index is 12.2. The average Bonchev–Trinajstić information content (AvgIpc) is 3.44. The van der Waals surface area contributed by atoms with E-state index in [4.69, 9.17) is 19.2 Å². The summed E-state index contributed by atoms with van der Waals surface area (Å²) in [6.45, 7) is 10.3. The minimum Gasteiger partial charge on any atom is -0.497 e. The van der Waals surface area contributed by atoms with Gasteiger partial charge in [0, 0.05) is 59.5 Å². The van der Waals surface area contributed by atoms with Crippen LogP contribution in [0.3, 0.4) is 0 Å². The van der Waals surface area contributed by atoms with E-state index in [0.717, 1.165) is 65.4 Å². The summed E-state index contributed by atoms with van der Waals surface area (Å²) < 4.78 is 16.4. The number of nitrogens with zero attached hydrogens (tertiary/aromatic N) is 3. The Labute approximate surface area is 262 Å². The lowest BCUT2D eigenvalue weighted by Crippen LogP contribution is -2.46. The average molecular weight is 618 g/mol. The van der Waals surface area contributed by atoms with Crippen molar-refractivity contribution >= 4 is 34.8 Å². The number of carbonyl (C=O) groups is 1. The number of hydrogen-bond acceptors (Lipinski definition) is 9. The summed E-state index contributed by atoms with van der Waals surface area (Å²) >= 11 is 3.57. The molecule has 0 saturated carbocycles. The second-order valence-corrected chi connectivity index (χ2v) is 12.9. The molecule has 0 radical (unpaired) electrons. The predicted molar refractivity (Wildman–Crippen MR) is 175 cm³/mol. The summed E-state index contributed by atoms with van der Waals surface area (Å²) in [5, 5.41) is 1.06. The van der Waals surface area contributed by atoms with Crippen molar-refractivity contribution in [2.24, 2.45) is 0 Å². The summed E-state index contributed by atoms with van der Waals surface area (Å²) in [6, 6.07) is 26.7. The van der Waals surface area contributed by atoms with Crippen molar-refractivity contribution in [2.75, 3.05) is 44.8 Å². The van der Waals surface area contributed by atoms with Crippen molar-refractivity contribution in [3.05, 3.63) is 89.4 Å². The van der Waals surface area contributed by atoms with Crippen LogP contribution in [0.5, 0.6) is 11.5 Å². The minimum atomic E-state index is -1.05. The first-order valence-electron chi connectivity index (χ1n) is 14.6. The smallest absolute Gasteiger partial charge is 0.349 e. The first kappa shape index (κ1) is 30.9. The van der Waals surface area contributed by atoms with E-state index in [1.807, 2.05) is 42.5 Å². The zero-order chi connectivity index (χ0) is 30.2. The van der Waals surface area contributed by atoms with E-state index in [9.17, 15) is 4.79 Å². The van der Waals surface area contributed by atoms with Gasteiger partial charge in [-0.05, 0) is 69.3 Å². The number of carbonyl (C=O) groups excluding carboxylic acids is 1. The predicted octanol–water partition coefficient (Wildman–Crippen LogP) is 7.15. The minimum absolute atomic E-state index is 0.326. The fourth-order valence-corrected chi connectivity index (χ4v) is 6.96. The number of aromatic nitrogens is 1. The van der Waals surface area contributed by atoms with Crippen molar-refractivity contribution in [2.45, 2.75) is 43.6 Å². The van der Waals surface area contributed by atoms with Crippen LogP contribution < -0.4 is 14.4 Å². The van der Waals surface area contributed by atoms with E-state index in [-0.39, 0.29) is 5.97 Å². The first-order valence-corrected chi connectivity index (χ1v) is 16.4. The number of hydrogen-bond donors (Lipinski definition) is 0. The molecule has 2 heterocycles. The van der Waals surface area contributed by atoms with Crippen LogP contribution in [0.4, 0.5) is 5.69 Å². The molecular weight excluding hydrogens is 579 g/mol. The maximum atomic E-state index is 12.2. The number of esters is 1. The van der Waals surface area contributed by atoms with Gasteiger partial charge in [-0.15, -0.1) is 23.1 Å². The first-order chi connectivity index (χ1) is 20.8. The fourth-order valence-electron chi connectivity index (χ4n) is 4.89. The van der Waals surface area contributed by atoms with Gasteiger partial charge in [-0.1, -0.05) is 30.3 Å². The zero-order valence-electron chi connectivity index (χ0n) is 25.2. The van der Waals surface area contributed by atoms with E-state index in [0.29, 0.717) is 12.4 Å². The molecule has 0 bridgehead atoms. The van der Waals surface area contributed by atoms with Gasteiger partial charge >= 0.3 is 5.97 Å². The lowest BCUT2D eigenvalue weighted by Gasteiger charge is -2.36. The molecule has 0 unspecified atom stereocenters. The summed E-state index contributed by atoms with van der Waals surface area (Å²) in [7, 11) is 1.70. The molecule has 7 nitrogen and oxygen atoms in total. The van der Waals surface area contributed by atoms with Crippen LogP contribution in [0.2, 0.25) is 0 Å². The highest BCUT2D eigenvalue weighted by Crippen LogP contribution is 2.34. The van der Waals surface area contributed by atoms with Crippen molar-refractivity contribution in [3.8, 4) is 22.1 Å². The Hall–Kier alpha value is -3.53. The number of thiazole rings is 1. The number of ether oxygens (including phenoxy) is 3. The summed E-state index contributed by atoms with van der Waals surface area (Å²) in [5.41, 5.74) is 2.50. The highest BCUT2D eigenvalue weighted by molar-refractivity contribution is 7.98. The van der Waals surface area contributed by atoms with Gasteiger partial charge in [0.25, 0.3) is 0 Å². The highest BCUT2D eigenvalue weighted by Gasteiger charge is 2.31. The normalized spacial score (nSPS) is 14.0. The third kappa shape index (κ3) is 8.10. The molecule has 5 rings (SSSR count). The molecule has 4 aromatic rings. The van der Waals surface area contributed by atoms with Crippen molar-refractivity contribution < 1.29 is 19.0 Å². The van der Waals surface area contributed by atoms with Gasteiger partial charge in [-0.25, -0.2) is 9.78 Å². The van der Waals surface area contributed by atoms with Crippen LogP contribution in [0.15, 0.2) is 83.8 Å². The van der Waals surface area contributed by atoms with Gasteiger partial charge in [-0.3, -0.25) is 4.90 Å². The standard InChI is InChI=1S/C34H39N3O4S2/c1-5-40-33(38)34(2,3)41-28-15-17-29(18-16-28)42-24-31-30(35-32(43-31)25-9-7-6-8-10-25)23-36-19-21-37(22-20-36)26-11-13-27(39-4)14-12-26/h6-18H,5,19-24H2,1-4H3. The third-order valence-corrected chi connectivity index (χ3v) is 9.68. The Morgan fingerprint density at radius 1 is 0.930 bits per heavy atom. The second-order valence-electron chi connectivity index (χ2n) is 10.8. The van der Waals surface area contributed by atoms with Gasteiger partial charge < -0.3 is 19.1 Å². The number of piperazine rings is 1. The number of benzene rings is 3. The molecule has 0 N–H and O–H groups in total. The molecule has 0 aliphatic carbocycles. The summed E-state index contributed by atoms with van der Waals surface area (Å²) in [6.07, 6.45) is 0. The Morgan fingerprint density at radius 2 is 1.60 bits per heavy atom. The number of thioether (sulfide) groups is 1. The second kappa shape index (κ2) is 14.3. The topological polar surface area (TPSA) is 64.1 Å². The summed E-state index contributed by atoms with van der Waals surface area (Å²) in [4.78, 5) is 24.7. The van der Waals surface area contributed by atoms with E-state index in [1.165, 1.54) is 10.6 Å². The SMILES string of the molecule is CCOC(=O)C(C)(C)Oc1ccc(SCc2sc(-c3ccccc3)nc2CN2CCN(c3ccc(OC)cc3)CC2)cc1. The lowest BCUT2D eigenvalue weighted by atomic mass is 10.1. The van der Waals surface area contributed by atoms with Crippen molar-refractivity contribution in [1.29, 1.82) is 0 Å². The van der Waals surface area contributed by atoms with Gasteiger partial charge in [0.2, 0.25) is 0 Å². The molecule has 0 spiro atoms. The molecule has 1 aromatic heterocycles. The molecular formula is C34H39N3O4S2. The fraction of sp³-hybridized carbons (Fsp3) is 0.353. The molecule has 9 heteroatoms. The molecule has 226 valence electrons. The number of rotatable bonds is 12. The van der Waals surface area contributed by atoms with Gasteiger partial charge in [0.1, 0.15) is 16.5 Å². The Bertz CT molecular complexity index is 1470. The lowest BCUT2D eigenvalue weighted by molar-refractivity contribution is -0.158. The van der Waals surface area contributed by atoms with Crippen LogP contribution in [0.25, 0.3) is 10.6 Å². The Morgan fingerprint density at radius 3 is 2.26 bits per heavy atom. The van der Waals surface area contributed by atoms with Crippen LogP contribution in [0, 0.1) is 0 Å². The van der Waals surface area contributed by atoms with Crippen LogP contribution in [0.1, 0.15) is 31.3 Å². The van der Waals surface area contributed by atoms with Crippen molar-refractivity contribution in [3.63, 3.8) is 0 Å². The van der Waals surface area contributed by atoms with Crippen molar-refractivity contribution in [1.82, 2.24) is 9.88 Å². The number of anilines is 1. The molecule has 43 heavy (non-hydrogen) atoms. The highest BCUT2D eigenvalue weighted by atomic mass is 32.2. The Kier molecular flexibility index (Phi) is 10.3. The summed E-state index contributed by atoms with van der Waals surface area (Å²) in [5.74, 6) is 1.98. The molecule has 1 fully saturated rings. The van der Waals surface area contributed by atoms with Gasteiger partial charge in [0.05, 0.1) is 19.4 Å². The third-order valence-electron chi connectivity index (χ3n) is 7.32. The van der Waals surface area contributed by atoms with E-state index < -0.39 is 5.60 Å². The van der Waals surface area contributed by atoms with Crippen LogP contribution in [-0.4, -0.2) is 61.3 Å². The molecule has 1 aliphatic heterocycles.